The summed E-state index contributed by atoms with van der Waals surface area (Å²) in [4.78, 5) is 26.4. The molecule has 1 aliphatic heterocycles. The maximum absolute atomic E-state index is 11.9. The summed E-state index contributed by atoms with van der Waals surface area (Å²) in [6.07, 6.45) is 0. The summed E-state index contributed by atoms with van der Waals surface area (Å²) in [5, 5.41) is 4.18. The molecule has 168 valence electrons. The molecule has 0 saturated carbocycles. The van der Waals surface area contributed by atoms with Crippen molar-refractivity contribution in [1.29, 1.82) is 0 Å². The van der Waals surface area contributed by atoms with Crippen molar-refractivity contribution in [3.8, 4) is 0 Å². The van der Waals surface area contributed by atoms with E-state index >= 15 is 0 Å². The molecule has 7 nitrogen and oxygen atoms in total. The predicted octanol–water partition coefficient (Wildman–Crippen LogP) is 2.87. The van der Waals surface area contributed by atoms with Crippen LogP contribution in [-0.4, -0.2) is 57.9 Å². The molecule has 3 aromatic rings. The molecule has 1 fully saturated rings. The number of amides is 1. The summed E-state index contributed by atoms with van der Waals surface area (Å²) >= 11 is 0. The van der Waals surface area contributed by atoms with E-state index in [-0.39, 0.29) is 11.8 Å². The molecular weight excluding hydrogens is 400 g/mol. The van der Waals surface area contributed by atoms with Crippen molar-refractivity contribution in [3.05, 3.63) is 66.0 Å². The van der Waals surface area contributed by atoms with Crippen LogP contribution in [0, 0.1) is 5.92 Å². The zero-order chi connectivity index (χ0) is 22.5. The van der Waals surface area contributed by atoms with Crippen LogP contribution in [0.3, 0.4) is 0 Å². The van der Waals surface area contributed by atoms with E-state index in [1.165, 1.54) is 5.56 Å². The molecular formula is C25H32N6O. The first-order valence-electron chi connectivity index (χ1n) is 11.3. The van der Waals surface area contributed by atoms with Crippen molar-refractivity contribution in [1.82, 2.24) is 19.8 Å². The van der Waals surface area contributed by atoms with E-state index in [4.69, 9.17) is 15.7 Å². The Balaban J connectivity index is 1.46. The van der Waals surface area contributed by atoms with E-state index in [0.29, 0.717) is 12.4 Å². The van der Waals surface area contributed by atoms with E-state index in [1.54, 1.807) is 0 Å². The summed E-state index contributed by atoms with van der Waals surface area (Å²) in [5.74, 6) is 1.11. The lowest BCUT2D eigenvalue weighted by Crippen LogP contribution is -2.45. The first-order valence-corrected chi connectivity index (χ1v) is 11.3. The third kappa shape index (κ3) is 5.41. The van der Waals surface area contributed by atoms with E-state index in [0.717, 1.165) is 49.5 Å². The second-order valence-electron chi connectivity index (χ2n) is 8.81. The zero-order valence-electron chi connectivity index (χ0n) is 18.9. The predicted molar refractivity (Wildman–Crippen MR) is 128 cm³/mol. The fourth-order valence-electron chi connectivity index (χ4n) is 4.17. The number of rotatable bonds is 8. The number of hydrogen-bond donors (Lipinski definition) is 2. The number of piperazine rings is 1. The molecule has 32 heavy (non-hydrogen) atoms. The fraction of sp³-hybridized carbons (Fsp3) is 0.400. The number of nitrogens with zero attached hydrogens (tertiary/aromatic N) is 4. The molecule has 3 N–H and O–H groups in total. The topological polar surface area (TPSA) is 87.4 Å². The summed E-state index contributed by atoms with van der Waals surface area (Å²) in [6, 6.07) is 18.0. The Kier molecular flexibility index (Phi) is 6.97. The molecule has 1 aliphatic rings. The first-order chi connectivity index (χ1) is 15.5. The molecule has 0 aliphatic carbocycles. The third-order valence-corrected chi connectivity index (χ3v) is 5.99. The Morgan fingerprint density at radius 3 is 2.22 bits per heavy atom. The van der Waals surface area contributed by atoms with E-state index in [1.807, 2.05) is 38.1 Å². The van der Waals surface area contributed by atoms with Gasteiger partial charge in [0.15, 0.2) is 0 Å². The molecule has 0 radical (unpaired) electrons. The van der Waals surface area contributed by atoms with Crippen molar-refractivity contribution in [3.63, 3.8) is 0 Å². The molecule has 1 saturated heterocycles. The average molecular weight is 433 g/mol. The second kappa shape index (κ2) is 10.1. The number of nitrogens with one attached hydrogen (secondary N) is 1. The first kappa shape index (κ1) is 22.2. The molecule has 1 atom stereocenters. The van der Waals surface area contributed by atoms with Gasteiger partial charge in [-0.1, -0.05) is 56.3 Å². The number of fused-ring (bicyclic) bond motifs is 1. The summed E-state index contributed by atoms with van der Waals surface area (Å²) < 4.78 is 0. The maximum atomic E-state index is 11.9. The highest BCUT2D eigenvalue weighted by Gasteiger charge is 2.22. The van der Waals surface area contributed by atoms with Gasteiger partial charge in [0, 0.05) is 38.1 Å². The molecule has 0 spiro atoms. The number of nitrogens with two attached hydrogens (primary N) is 1. The van der Waals surface area contributed by atoms with Crippen LogP contribution in [0.1, 0.15) is 25.2 Å². The van der Waals surface area contributed by atoms with Crippen LogP contribution in [0.5, 0.6) is 0 Å². The van der Waals surface area contributed by atoms with Gasteiger partial charge in [-0.25, -0.2) is 9.97 Å². The standard InChI is InChI=1S/C25H32N6O/c1-18(2)23(24(26)32)29-25-20-10-6-7-11-21(20)27-22(28-25)17-31-14-12-30(13-15-31)16-19-8-4-3-5-9-19/h3-11,18,23H,12-17H2,1-2H3,(H2,26,32)(H,27,28,29)/t23-/m0/s1. The number of aromatic nitrogens is 2. The van der Waals surface area contributed by atoms with Crippen molar-refractivity contribution in [2.45, 2.75) is 33.0 Å². The lowest BCUT2D eigenvalue weighted by molar-refractivity contribution is -0.119. The van der Waals surface area contributed by atoms with E-state index in [9.17, 15) is 4.79 Å². The SMILES string of the molecule is CC(C)[C@H](Nc1nc(CN2CCN(Cc3ccccc3)CC2)nc2ccccc12)C(N)=O. The molecule has 2 heterocycles. The molecule has 7 heteroatoms. The Morgan fingerprint density at radius 2 is 1.56 bits per heavy atom. The lowest BCUT2D eigenvalue weighted by Gasteiger charge is -2.34. The van der Waals surface area contributed by atoms with Gasteiger partial charge in [-0.15, -0.1) is 0 Å². The zero-order valence-corrected chi connectivity index (χ0v) is 18.9. The molecule has 1 aromatic heterocycles. The summed E-state index contributed by atoms with van der Waals surface area (Å²) in [5.41, 5.74) is 7.85. The number of primary amides is 1. The van der Waals surface area contributed by atoms with Gasteiger partial charge in [0.05, 0.1) is 12.1 Å². The Labute approximate surface area is 189 Å². The van der Waals surface area contributed by atoms with Gasteiger partial charge < -0.3 is 11.1 Å². The van der Waals surface area contributed by atoms with Crippen LogP contribution in [0.25, 0.3) is 10.9 Å². The number of benzene rings is 2. The van der Waals surface area contributed by atoms with E-state index in [2.05, 4.69) is 45.4 Å². The maximum Gasteiger partial charge on any atom is 0.240 e. The highest BCUT2D eigenvalue weighted by molar-refractivity contribution is 5.91. The number of anilines is 1. The minimum absolute atomic E-state index is 0.0577. The van der Waals surface area contributed by atoms with Gasteiger partial charge in [0.25, 0.3) is 0 Å². The van der Waals surface area contributed by atoms with Gasteiger partial charge in [-0.2, -0.15) is 0 Å². The van der Waals surface area contributed by atoms with Gasteiger partial charge in [-0.05, 0) is 23.6 Å². The van der Waals surface area contributed by atoms with Gasteiger partial charge in [0.1, 0.15) is 17.7 Å². The van der Waals surface area contributed by atoms with Crippen LogP contribution in [0.15, 0.2) is 54.6 Å². The quantitative estimate of drug-likeness (QED) is 0.569. The van der Waals surface area contributed by atoms with Crippen molar-refractivity contribution in [2.75, 3.05) is 31.5 Å². The number of carbonyl (C=O) groups excluding carboxylic acids is 1. The number of para-hydroxylation sites is 1. The lowest BCUT2D eigenvalue weighted by atomic mass is 10.0. The smallest absolute Gasteiger partial charge is 0.240 e. The number of hydrogen-bond acceptors (Lipinski definition) is 6. The Bertz CT molecular complexity index is 1050. The highest BCUT2D eigenvalue weighted by Crippen LogP contribution is 2.23. The minimum atomic E-state index is -0.484. The van der Waals surface area contributed by atoms with Gasteiger partial charge >= 0.3 is 0 Å². The monoisotopic (exact) mass is 432 g/mol. The van der Waals surface area contributed by atoms with Crippen LogP contribution in [0.4, 0.5) is 5.82 Å². The number of carbonyl (C=O) groups is 1. The minimum Gasteiger partial charge on any atom is -0.368 e. The average Bonchev–Trinajstić information content (AvgIpc) is 2.79. The van der Waals surface area contributed by atoms with Crippen LogP contribution >= 0.6 is 0 Å². The normalized spacial score (nSPS) is 16.3. The molecule has 0 bridgehead atoms. The van der Waals surface area contributed by atoms with Crippen molar-refractivity contribution < 1.29 is 4.79 Å². The Morgan fingerprint density at radius 1 is 0.938 bits per heavy atom. The van der Waals surface area contributed by atoms with Crippen LogP contribution < -0.4 is 11.1 Å². The third-order valence-electron chi connectivity index (χ3n) is 5.99. The summed E-state index contributed by atoms with van der Waals surface area (Å²) in [7, 11) is 0. The van der Waals surface area contributed by atoms with Crippen molar-refractivity contribution in [2.24, 2.45) is 11.7 Å². The molecule has 4 rings (SSSR count). The van der Waals surface area contributed by atoms with Crippen molar-refractivity contribution >= 4 is 22.6 Å². The largest absolute Gasteiger partial charge is 0.368 e. The van der Waals surface area contributed by atoms with E-state index < -0.39 is 6.04 Å². The molecule has 1 amide bonds. The second-order valence-corrected chi connectivity index (χ2v) is 8.81. The van der Waals surface area contributed by atoms with Gasteiger partial charge in [-0.3, -0.25) is 14.6 Å². The molecule has 2 aromatic carbocycles. The summed E-state index contributed by atoms with van der Waals surface area (Å²) in [6.45, 7) is 9.60. The van der Waals surface area contributed by atoms with Crippen LogP contribution in [0.2, 0.25) is 0 Å². The molecule has 0 unspecified atom stereocenters. The van der Waals surface area contributed by atoms with Crippen LogP contribution in [-0.2, 0) is 17.9 Å². The fourth-order valence-corrected chi connectivity index (χ4v) is 4.17. The Hall–Kier alpha value is -3.03. The van der Waals surface area contributed by atoms with Gasteiger partial charge in [0.2, 0.25) is 5.91 Å². The highest BCUT2D eigenvalue weighted by atomic mass is 16.1.